The molecule has 0 bridgehead atoms. The second-order valence-electron chi connectivity index (χ2n) is 10.0. The van der Waals surface area contributed by atoms with E-state index in [1.165, 1.54) is 23.2 Å². The number of piperidine rings is 1. The number of rotatable bonds is 6. The molecule has 3 amide bonds. The van der Waals surface area contributed by atoms with Gasteiger partial charge in [-0.25, -0.2) is 18.6 Å². The Morgan fingerprint density at radius 3 is 2.29 bits per heavy atom. The fourth-order valence-corrected chi connectivity index (χ4v) is 5.76. The predicted molar refractivity (Wildman–Crippen MR) is 150 cm³/mol. The summed E-state index contributed by atoms with van der Waals surface area (Å²) in [4.78, 5) is 30.8. The van der Waals surface area contributed by atoms with Gasteiger partial charge in [0.15, 0.2) is 0 Å². The van der Waals surface area contributed by atoms with Gasteiger partial charge in [0.2, 0.25) is 0 Å². The molecule has 1 saturated heterocycles. The van der Waals surface area contributed by atoms with Crippen molar-refractivity contribution in [3.8, 4) is 11.1 Å². The summed E-state index contributed by atoms with van der Waals surface area (Å²) in [6, 6.07) is 13.2. The van der Waals surface area contributed by atoms with Crippen molar-refractivity contribution in [1.82, 2.24) is 20.5 Å². The number of alkyl halides is 5. The monoisotopic (exact) mass is 603 g/mol. The van der Waals surface area contributed by atoms with Crippen molar-refractivity contribution in [3.05, 3.63) is 82.4 Å². The highest BCUT2D eigenvalue weighted by Gasteiger charge is 2.36. The van der Waals surface area contributed by atoms with Gasteiger partial charge in [0, 0.05) is 53.8 Å². The molecular formula is C29H26F5N5O2S. The number of hydrogen-bond donors (Lipinski definition) is 3. The number of hydrogen-bond acceptors (Lipinski definition) is 5. The van der Waals surface area contributed by atoms with Gasteiger partial charge >= 0.3 is 12.2 Å². The number of pyridine rings is 1. The minimum absolute atomic E-state index is 0.0248. The van der Waals surface area contributed by atoms with Crippen LogP contribution in [0.1, 0.15) is 39.2 Å². The molecule has 2 aromatic carbocycles. The van der Waals surface area contributed by atoms with Crippen molar-refractivity contribution in [2.24, 2.45) is 0 Å². The Hall–Kier alpha value is -4.26. The van der Waals surface area contributed by atoms with Crippen LogP contribution in [0, 0.1) is 0 Å². The van der Waals surface area contributed by atoms with Crippen LogP contribution in [0.5, 0.6) is 0 Å². The van der Waals surface area contributed by atoms with Crippen LogP contribution in [-0.2, 0) is 19.3 Å². The quantitative estimate of drug-likeness (QED) is 0.221. The zero-order valence-electron chi connectivity index (χ0n) is 22.1. The number of fused-ring (bicyclic) bond motifs is 1. The summed E-state index contributed by atoms with van der Waals surface area (Å²) in [6.45, 7) is 0.106. The molecule has 3 heterocycles. The standard InChI is InChI=1S/C29H26F5N5O2S/c30-28(31)7-9-39(10-8-28)26(40)19-4-2-18(3-5-19)20-11-21-12-22(42-25(21)23(13-20)29(32,33)34)16-38-27(41)37-15-17-1-6-24(35)36-14-17/h1-6,11-14H,7-10,15-16H2,(H2,35,36)(H2,37,38,41). The van der Waals surface area contributed by atoms with E-state index in [0.717, 1.165) is 23.0 Å². The number of halogens is 5. The van der Waals surface area contributed by atoms with Gasteiger partial charge in [-0.1, -0.05) is 18.2 Å². The Bertz CT molecular complexity index is 1590. The van der Waals surface area contributed by atoms with E-state index in [9.17, 15) is 31.5 Å². The van der Waals surface area contributed by atoms with Crippen molar-refractivity contribution in [2.45, 2.75) is 38.0 Å². The number of nitrogens with one attached hydrogen (secondary N) is 2. The summed E-state index contributed by atoms with van der Waals surface area (Å²) in [7, 11) is 0. The molecule has 2 aromatic heterocycles. The molecule has 4 N–H and O–H groups in total. The summed E-state index contributed by atoms with van der Waals surface area (Å²) < 4.78 is 69.1. The molecule has 220 valence electrons. The second kappa shape index (κ2) is 11.6. The fraction of sp³-hybridized carbons (Fsp3) is 0.276. The van der Waals surface area contributed by atoms with E-state index in [0.29, 0.717) is 27.2 Å². The third-order valence-electron chi connectivity index (χ3n) is 6.94. The van der Waals surface area contributed by atoms with Gasteiger partial charge in [-0.15, -0.1) is 11.3 Å². The largest absolute Gasteiger partial charge is 0.417 e. The topological polar surface area (TPSA) is 100 Å². The molecule has 5 rings (SSSR count). The first kappa shape index (κ1) is 29.2. The highest BCUT2D eigenvalue weighted by molar-refractivity contribution is 7.19. The molecule has 0 saturated carbocycles. The van der Waals surface area contributed by atoms with Gasteiger partial charge in [0.25, 0.3) is 11.8 Å². The number of urea groups is 1. The summed E-state index contributed by atoms with van der Waals surface area (Å²) in [6.07, 6.45) is -3.90. The lowest BCUT2D eigenvalue weighted by Crippen LogP contribution is -2.42. The normalized spacial score (nSPS) is 15.0. The highest BCUT2D eigenvalue weighted by Crippen LogP contribution is 2.41. The van der Waals surface area contributed by atoms with Crippen LogP contribution in [0.4, 0.5) is 32.6 Å². The van der Waals surface area contributed by atoms with E-state index in [4.69, 9.17) is 5.73 Å². The minimum atomic E-state index is -4.62. The molecule has 0 unspecified atom stereocenters. The predicted octanol–water partition coefficient (Wildman–Crippen LogP) is 6.44. The Morgan fingerprint density at radius 2 is 1.64 bits per heavy atom. The van der Waals surface area contributed by atoms with E-state index in [1.807, 2.05) is 0 Å². The van der Waals surface area contributed by atoms with Gasteiger partial charge in [-0.2, -0.15) is 13.2 Å². The first-order chi connectivity index (χ1) is 19.9. The van der Waals surface area contributed by atoms with Crippen LogP contribution in [0.3, 0.4) is 0 Å². The van der Waals surface area contributed by atoms with Gasteiger partial charge in [0.1, 0.15) is 5.82 Å². The zero-order chi connectivity index (χ0) is 30.1. The number of aromatic nitrogens is 1. The van der Waals surface area contributed by atoms with Crippen LogP contribution >= 0.6 is 11.3 Å². The number of benzene rings is 2. The number of thiophene rings is 1. The van der Waals surface area contributed by atoms with Crippen molar-refractivity contribution in [1.29, 1.82) is 0 Å². The summed E-state index contributed by atoms with van der Waals surface area (Å²) >= 11 is 0.945. The number of amides is 3. The van der Waals surface area contributed by atoms with E-state index in [-0.39, 0.29) is 36.4 Å². The third-order valence-corrected chi connectivity index (χ3v) is 8.13. The highest BCUT2D eigenvalue weighted by atomic mass is 32.1. The number of carbonyl (C=O) groups excluding carboxylic acids is 2. The molecule has 1 fully saturated rings. The van der Waals surface area contributed by atoms with Crippen LogP contribution < -0.4 is 16.4 Å². The molecule has 1 aliphatic heterocycles. The molecule has 0 aliphatic carbocycles. The molecule has 1 aliphatic rings. The van der Waals surface area contributed by atoms with Crippen molar-refractivity contribution >= 4 is 39.2 Å². The summed E-state index contributed by atoms with van der Waals surface area (Å²) in [5.74, 6) is -2.83. The van der Waals surface area contributed by atoms with E-state index >= 15 is 0 Å². The lowest BCUT2D eigenvalue weighted by Gasteiger charge is -2.31. The second-order valence-corrected chi connectivity index (χ2v) is 11.1. The fourth-order valence-electron chi connectivity index (χ4n) is 4.65. The molecule has 0 atom stereocenters. The number of anilines is 1. The molecule has 0 radical (unpaired) electrons. The zero-order valence-corrected chi connectivity index (χ0v) is 22.9. The van der Waals surface area contributed by atoms with Crippen molar-refractivity contribution < 1.29 is 31.5 Å². The summed E-state index contributed by atoms with van der Waals surface area (Å²) in [5.41, 5.74) is 6.51. The Morgan fingerprint density at radius 1 is 0.952 bits per heavy atom. The minimum Gasteiger partial charge on any atom is -0.384 e. The van der Waals surface area contributed by atoms with Crippen molar-refractivity contribution in [3.63, 3.8) is 0 Å². The SMILES string of the molecule is Nc1ccc(CNC(=O)NCc2cc3cc(-c4ccc(C(=O)N5CCC(F)(F)CC5)cc4)cc(C(F)(F)F)c3s2)cn1. The van der Waals surface area contributed by atoms with Gasteiger partial charge in [-0.05, 0) is 58.5 Å². The molecule has 4 aromatic rings. The smallest absolute Gasteiger partial charge is 0.384 e. The van der Waals surface area contributed by atoms with Gasteiger partial charge in [0.05, 0.1) is 12.1 Å². The van der Waals surface area contributed by atoms with E-state index in [2.05, 4.69) is 15.6 Å². The maximum Gasteiger partial charge on any atom is 0.417 e. The molecule has 0 spiro atoms. The maximum atomic E-state index is 14.1. The summed E-state index contributed by atoms with van der Waals surface area (Å²) in [5, 5.41) is 5.68. The van der Waals surface area contributed by atoms with Gasteiger partial charge < -0.3 is 21.3 Å². The van der Waals surface area contributed by atoms with E-state index in [1.54, 1.807) is 36.4 Å². The number of likely N-dealkylation sites (tertiary alicyclic amines) is 1. The van der Waals surface area contributed by atoms with E-state index < -0.39 is 42.4 Å². The maximum absolute atomic E-state index is 14.1. The average Bonchev–Trinajstić information content (AvgIpc) is 3.37. The Kier molecular flexibility index (Phi) is 8.04. The lowest BCUT2D eigenvalue weighted by molar-refractivity contribution is -0.136. The number of nitrogens with zero attached hydrogens (tertiary/aromatic N) is 2. The Labute approximate surface area is 241 Å². The number of carbonyl (C=O) groups is 2. The lowest BCUT2D eigenvalue weighted by atomic mass is 9.99. The third kappa shape index (κ3) is 6.78. The van der Waals surface area contributed by atoms with Crippen LogP contribution in [0.2, 0.25) is 0 Å². The molecule has 13 heteroatoms. The molecule has 7 nitrogen and oxygen atoms in total. The number of nitrogens with two attached hydrogens (primary N) is 1. The van der Waals surface area contributed by atoms with Crippen LogP contribution in [-0.4, -0.2) is 40.8 Å². The number of nitrogen functional groups attached to an aromatic ring is 1. The van der Waals surface area contributed by atoms with Gasteiger partial charge in [-0.3, -0.25) is 4.79 Å². The van der Waals surface area contributed by atoms with Crippen molar-refractivity contribution in [2.75, 3.05) is 18.8 Å². The Balaban J connectivity index is 1.30. The average molecular weight is 604 g/mol. The van der Waals surface area contributed by atoms with Crippen LogP contribution in [0.25, 0.3) is 21.2 Å². The first-order valence-corrected chi connectivity index (χ1v) is 13.8. The first-order valence-electron chi connectivity index (χ1n) is 13.0. The molecular weight excluding hydrogens is 577 g/mol. The van der Waals surface area contributed by atoms with Crippen LogP contribution in [0.15, 0.2) is 60.8 Å². The molecule has 42 heavy (non-hydrogen) atoms.